The van der Waals surface area contributed by atoms with Crippen LogP contribution in [0.3, 0.4) is 0 Å². The molecule has 5 nitrogen and oxygen atoms in total. The smallest absolute Gasteiger partial charge is 0.251 e. The zero-order chi connectivity index (χ0) is 15.4. The molecular weight excluding hydrogens is 280 g/mol. The molecule has 0 saturated carbocycles. The Kier molecular flexibility index (Phi) is 4.73. The molecule has 1 N–H and O–H groups in total. The average Bonchev–Trinajstić information content (AvgIpc) is 3.19. The lowest BCUT2D eigenvalue weighted by Gasteiger charge is -2.16. The van der Waals surface area contributed by atoms with Crippen LogP contribution in [0.5, 0.6) is 0 Å². The predicted octanol–water partition coefficient (Wildman–Crippen LogP) is 2.11. The quantitative estimate of drug-likeness (QED) is 0.906. The zero-order valence-corrected chi connectivity index (χ0v) is 12.7. The van der Waals surface area contributed by atoms with Crippen LogP contribution in [0.1, 0.15) is 42.5 Å². The van der Waals surface area contributed by atoms with E-state index in [1.54, 1.807) is 17.0 Å². The lowest BCUT2D eigenvalue weighted by molar-refractivity contribution is -0.117. The van der Waals surface area contributed by atoms with Crippen molar-refractivity contribution in [2.75, 3.05) is 24.6 Å². The third kappa shape index (κ3) is 3.47. The SMILES string of the molecule is O=C(NCCC1CCCO1)c1ccc(N2CCCC2=O)cc1. The molecular formula is C17H22N2O3. The molecule has 1 aromatic carbocycles. The van der Waals surface area contributed by atoms with Crippen molar-refractivity contribution in [2.24, 2.45) is 0 Å². The summed E-state index contributed by atoms with van der Waals surface area (Å²) in [7, 11) is 0. The Bertz CT molecular complexity index is 535. The zero-order valence-electron chi connectivity index (χ0n) is 12.7. The minimum Gasteiger partial charge on any atom is -0.378 e. The summed E-state index contributed by atoms with van der Waals surface area (Å²) in [5.74, 6) is 0.0889. The van der Waals surface area contributed by atoms with Gasteiger partial charge in [-0.3, -0.25) is 9.59 Å². The summed E-state index contributed by atoms with van der Waals surface area (Å²) in [6.45, 7) is 2.25. The minimum atomic E-state index is -0.0719. The van der Waals surface area contributed by atoms with Crippen molar-refractivity contribution in [3.8, 4) is 0 Å². The summed E-state index contributed by atoms with van der Waals surface area (Å²) in [5, 5.41) is 2.92. The van der Waals surface area contributed by atoms with E-state index in [4.69, 9.17) is 4.74 Å². The van der Waals surface area contributed by atoms with Crippen LogP contribution < -0.4 is 10.2 Å². The van der Waals surface area contributed by atoms with E-state index in [1.807, 2.05) is 12.1 Å². The van der Waals surface area contributed by atoms with E-state index in [0.717, 1.165) is 44.5 Å². The van der Waals surface area contributed by atoms with Gasteiger partial charge >= 0.3 is 0 Å². The maximum atomic E-state index is 12.1. The summed E-state index contributed by atoms with van der Waals surface area (Å²) in [6, 6.07) is 7.25. The first-order valence-corrected chi connectivity index (χ1v) is 8.04. The second kappa shape index (κ2) is 6.92. The molecule has 2 amide bonds. The fraction of sp³-hybridized carbons (Fsp3) is 0.529. The predicted molar refractivity (Wildman–Crippen MR) is 84.0 cm³/mol. The van der Waals surface area contributed by atoms with Crippen LogP contribution in [0.15, 0.2) is 24.3 Å². The van der Waals surface area contributed by atoms with Gasteiger partial charge in [-0.1, -0.05) is 0 Å². The van der Waals surface area contributed by atoms with E-state index in [1.165, 1.54) is 0 Å². The Morgan fingerprint density at radius 1 is 1.27 bits per heavy atom. The fourth-order valence-electron chi connectivity index (χ4n) is 3.03. The van der Waals surface area contributed by atoms with Crippen molar-refractivity contribution in [3.05, 3.63) is 29.8 Å². The molecule has 0 spiro atoms. The summed E-state index contributed by atoms with van der Waals surface area (Å²) in [4.78, 5) is 25.6. The third-order valence-electron chi connectivity index (χ3n) is 4.29. The van der Waals surface area contributed by atoms with Crippen molar-refractivity contribution < 1.29 is 14.3 Å². The maximum absolute atomic E-state index is 12.1. The second-order valence-electron chi connectivity index (χ2n) is 5.88. The van der Waals surface area contributed by atoms with E-state index in [-0.39, 0.29) is 11.8 Å². The molecule has 118 valence electrons. The summed E-state index contributed by atoms with van der Waals surface area (Å²) >= 11 is 0. The van der Waals surface area contributed by atoms with Gasteiger partial charge in [0.15, 0.2) is 0 Å². The van der Waals surface area contributed by atoms with Crippen molar-refractivity contribution in [1.82, 2.24) is 5.32 Å². The van der Waals surface area contributed by atoms with Crippen molar-refractivity contribution >= 4 is 17.5 Å². The van der Waals surface area contributed by atoms with E-state index < -0.39 is 0 Å². The molecule has 2 aliphatic heterocycles. The van der Waals surface area contributed by atoms with Crippen LogP contribution >= 0.6 is 0 Å². The van der Waals surface area contributed by atoms with Crippen LogP contribution in [-0.4, -0.2) is 37.6 Å². The van der Waals surface area contributed by atoms with Gasteiger partial charge in [-0.25, -0.2) is 0 Å². The molecule has 5 heteroatoms. The number of nitrogens with one attached hydrogen (secondary N) is 1. The lowest BCUT2D eigenvalue weighted by Crippen LogP contribution is -2.27. The van der Waals surface area contributed by atoms with Gasteiger partial charge in [0.1, 0.15) is 0 Å². The van der Waals surface area contributed by atoms with E-state index in [2.05, 4.69) is 5.32 Å². The van der Waals surface area contributed by atoms with Crippen molar-refractivity contribution in [2.45, 2.75) is 38.2 Å². The number of carbonyl (C=O) groups is 2. The molecule has 0 bridgehead atoms. The molecule has 1 unspecified atom stereocenters. The Balaban J connectivity index is 1.51. The number of carbonyl (C=O) groups excluding carboxylic acids is 2. The van der Waals surface area contributed by atoms with E-state index in [0.29, 0.717) is 24.6 Å². The van der Waals surface area contributed by atoms with Gasteiger partial charge < -0.3 is 15.0 Å². The van der Waals surface area contributed by atoms with Crippen molar-refractivity contribution in [1.29, 1.82) is 0 Å². The van der Waals surface area contributed by atoms with Crippen LogP contribution in [0.25, 0.3) is 0 Å². The molecule has 22 heavy (non-hydrogen) atoms. The highest BCUT2D eigenvalue weighted by Gasteiger charge is 2.21. The first-order chi connectivity index (χ1) is 10.7. The normalized spacial score (nSPS) is 21.4. The number of hydrogen-bond acceptors (Lipinski definition) is 3. The van der Waals surface area contributed by atoms with E-state index in [9.17, 15) is 9.59 Å². The minimum absolute atomic E-state index is 0.0719. The highest BCUT2D eigenvalue weighted by atomic mass is 16.5. The number of ether oxygens (including phenoxy) is 1. The summed E-state index contributed by atoms with van der Waals surface area (Å²) in [6.07, 6.45) is 4.90. The topological polar surface area (TPSA) is 58.6 Å². The van der Waals surface area contributed by atoms with Gasteiger partial charge in [-0.05, 0) is 49.9 Å². The molecule has 0 aromatic heterocycles. The van der Waals surface area contributed by atoms with Crippen LogP contribution in [0, 0.1) is 0 Å². The Hall–Kier alpha value is -1.88. The first kappa shape index (κ1) is 15.0. The molecule has 1 aromatic rings. The Morgan fingerprint density at radius 2 is 2.09 bits per heavy atom. The van der Waals surface area contributed by atoms with Gasteiger partial charge in [-0.15, -0.1) is 0 Å². The highest BCUT2D eigenvalue weighted by Crippen LogP contribution is 2.21. The summed E-state index contributed by atoms with van der Waals surface area (Å²) in [5.41, 5.74) is 1.50. The standard InChI is InChI=1S/C17H22N2O3/c20-16-4-1-11-19(16)14-7-5-13(6-8-14)17(21)18-10-9-15-3-2-12-22-15/h5-8,15H,1-4,9-12H2,(H,18,21). The molecule has 3 rings (SSSR count). The molecule has 1 atom stereocenters. The van der Waals surface area contributed by atoms with Crippen molar-refractivity contribution in [3.63, 3.8) is 0 Å². The highest BCUT2D eigenvalue weighted by molar-refractivity contribution is 5.97. The molecule has 2 fully saturated rings. The average molecular weight is 302 g/mol. The Labute approximate surface area is 130 Å². The summed E-state index contributed by atoms with van der Waals surface area (Å²) < 4.78 is 5.53. The number of hydrogen-bond donors (Lipinski definition) is 1. The molecule has 0 radical (unpaired) electrons. The third-order valence-corrected chi connectivity index (χ3v) is 4.29. The molecule has 2 heterocycles. The van der Waals surface area contributed by atoms with Gasteiger partial charge in [0, 0.05) is 37.4 Å². The van der Waals surface area contributed by atoms with Gasteiger partial charge in [-0.2, -0.15) is 0 Å². The number of amides is 2. The van der Waals surface area contributed by atoms with Gasteiger partial charge in [0.05, 0.1) is 6.10 Å². The number of anilines is 1. The largest absolute Gasteiger partial charge is 0.378 e. The second-order valence-corrected chi connectivity index (χ2v) is 5.88. The van der Waals surface area contributed by atoms with Crippen LogP contribution in [-0.2, 0) is 9.53 Å². The first-order valence-electron chi connectivity index (χ1n) is 8.04. The lowest BCUT2D eigenvalue weighted by atomic mass is 10.1. The van der Waals surface area contributed by atoms with E-state index >= 15 is 0 Å². The van der Waals surface area contributed by atoms with Gasteiger partial charge in [0.25, 0.3) is 5.91 Å². The fourth-order valence-corrected chi connectivity index (χ4v) is 3.03. The van der Waals surface area contributed by atoms with Crippen LogP contribution in [0.4, 0.5) is 5.69 Å². The van der Waals surface area contributed by atoms with Crippen LogP contribution in [0.2, 0.25) is 0 Å². The monoisotopic (exact) mass is 302 g/mol. The van der Waals surface area contributed by atoms with Gasteiger partial charge in [0.2, 0.25) is 5.91 Å². The molecule has 2 saturated heterocycles. The number of nitrogens with zero attached hydrogens (tertiary/aromatic N) is 1. The number of benzene rings is 1. The maximum Gasteiger partial charge on any atom is 0.251 e. The molecule has 2 aliphatic rings. The Morgan fingerprint density at radius 3 is 2.73 bits per heavy atom. The molecule has 0 aliphatic carbocycles. The number of rotatable bonds is 5.